The van der Waals surface area contributed by atoms with Crippen LogP contribution in [0.25, 0.3) is 10.4 Å². The van der Waals surface area contributed by atoms with Gasteiger partial charge in [0.25, 0.3) is 15.9 Å². The normalized spacial score (nSPS) is 19.1. The average Bonchev–Trinajstić information content (AvgIpc) is 3.36. The number of amides is 1. The molecule has 33 heavy (non-hydrogen) atoms. The first-order chi connectivity index (χ1) is 16.0. The molecular formula is C25H26N2O4S2. The molecule has 3 aromatic rings. The average molecular weight is 483 g/mol. The van der Waals surface area contributed by atoms with E-state index in [1.54, 1.807) is 18.2 Å². The lowest BCUT2D eigenvalue weighted by atomic mass is 9.87. The molecule has 0 spiro atoms. The lowest BCUT2D eigenvalue weighted by Crippen LogP contribution is -2.40. The van der Waals surface area contributed by atoms with Gasteiger partial charge in [0.2, 0.25) is 0 Å². The number of aryl methyl sites for hydroxylation is 1. The molecule has 1 N–H and O–H groups in total. The maximum absolute atomic E-state index is 12.9. The number of carbonyl (C=O) groups is 1. The third-order valence-electron chi connectivity index (χ3n) is 6.25. The lowest BCUT2D eigenvalue weighted by molar-refractivity contribution is 0.0731. The smallest absolute Gasteiger partial charge is 0.252 e. The summed E-state index contributed by atoms with van der Waals surface area (Å²) in [5.74, 6) is -0.0926. The minimum atomic E-state index is -3.50. The number of carbonyl (C=O) groups excluding carboxylic acids is 1. The Hall–Kier alpha value is -2.52. The number of hydrogen-bond acceptors (Lipinski definition) is 5. The Kier molecular flexibility index (Phi) is 6.34. The highest BCUT2D eigenvalue weighted by Crippen LogP contribution is 2.33. The van der Waals surface area contributed by atoms with Crippen molar-refractivity contribution in [3.05, 3.63) is 77.4 Å². The van der Waals surface area contributed by atoms with Gasteiger partial charge in [-0.05, 0) is 60.2 Å². The van der Waals surface area contributed by atoms with Crippen LogP contribution < -0.4 is 5.32 Å². The molecule has 1 aromatic heterocycles. The molecule has 8 heteroatoms. The Morgan fingerprint density at radius 3 is 2.55 bits per heavy atom. The van der Waals surface area contributed by atoms with Crippen LogP contribution in [-0.4, -0.2) is 44.9 Å². The van der Waals surface area contributed by atoms with E-state index in [-0.39, 0.29) is 11.9 Å². The minimum Gasteiger partial charge on any atom is -0.379 e. The molecular weight excluding hydrogens is 456 g/mol. The second-order valence-electron chi connectivity index (χ2n) is 8.33. The van der Waals surface area contributed by atoms with Crippen molar-refractivity contribution in [2.75, 3.05) is 26.3 Å². The van der Waals surface area contributed by atoms with Gasteiger partial charge in [-0.25, -0.2) is 8.42 Å². The van der Waals surface area contributed by atoms with Crippen LogP contribution in [0.4, 0.5) is 0 Å². The molecule has 1 atom stereocenters. The second kappa shape index (κ2) is 9.38. The number of ether oxygens (including phenoxy) is 1. The molecule has 2 aliphatic rings. The molecule has 1 fully saturated rings. The lowest BCUT2D eigenvalue weighted by Gasteiger charge is -2.26. The van der Waals surface area contributed by atoms with Gasteiger partial charge in [0, 0.05) is 23.5 Å². The highest BCUT2D eigenvalue weighted by atomic mass is 32.2. The summed E-state index contributed by atoms with van der Waals surface area (Å²) in [6.45, 7) is 1.61. The van der Waals surface area contributed by atoms with Gasteiger partial charge in [0.15, 0.2) is 0 Å². The van der Waals surface area contributed by atoms with Crippen molar-refractivity contribution in [1.82, 2.24) is 9.62 Å². The molecule has 172 valence electrons. The highest BCUT2D eigenvalue weighted by Gasteiger charge is 2.28. The summed E-state index contributed by atoms with van der Waals surface area (Å²) in [4.78, 5) is 13.7. The number of nitrogens with zero attached hydrogens (tertiary/aromatic N) is 1. The summed E-state index contributed by atoms with van der Waals surface area (Å²) in [5.41, 5.74) is 4.01. The summed E-state index contributed by atoms with van der Waals surface area (Å²) >= 11 is 1.25. The molecule has 6 nitrogen and oxygen atoms in total. The van der Waals surface area contributed by atoms with Gasteiger partial charge in [0.05, 0.1) is 19.3 Å². The first kappa shape index (κ1) is 22.3. The molecule has 0 saturated carbocycles. The summed E-state index contributed by atoms with van der Waals surface area (Å²) < 4.78 is 32.8. The van der Waals surface area contributed by atoms with Crippen molar-refractivity contribution in [3.8, 4) is 10.4 Å². The molecule has 2 aromatic carbocycles. The number of thiophene rings is 1. The van der Waals surface area contributed by atoms with E-state index in [0.717, 1.165) is 29.7 Å². The quantitative estimate of drug-likeness (QED) is 0.590. The molecule has 1 aliphatic carbocycles. The number of rotatable bonds is 5. The molecule has 1 saturated heterocycles. The number of fused-ring (bicyclic) bond motifs is 1. The van der Waals surface area contributed by atoms with Crippen molar-refractivity contribution < 1.29 is 17.9 Å². The standard InChI is InChI=1S/C25H26N2O4S2/c28-25(26-22-7-3-5-18-4-1-2-6-21(18)22)20-10-8-19(9-11-20)23-12-13-24(32-23)33(29,30)27-14-16-31-17-15-27/h1-2,4,6,8-13,22H,3,5,7,14-17H2,(H,26,28)/t22-/m0/s1. The monoisotopic (exact) mass is 482 g/mol. The van der Waals surface area contributed by atoms with Crippen LogP contribution in [0.15, 0.2) is 64.9 Å². The predicted molar refractivity (Wildman–Crippen MR) is 129 cm³/mol. The number of hydrogen-bond donors (Lipinski definition) is 1. The van der Waals surface area contributed by atoms with Gasteiger partial charge < -0.3 is 10.1 Å². The number of morpholine rings is 1. The van der Waals surface area contributed by atoms with Crippen LogP contribution in [0.1, 0.15) is 40.4 Å². The van der Waals surface area contributed by atoms with Crippen LogP contribution in [-0.2, 0) is 21.2 Å². The largest absolute Gasteiger partial charge is 0.379 e. The van der Waals surface area contributed by atoms with Crippen LogP contribution in [0, 0.1) is 0 Å². The van der Waals surface area contributed by atoms with E-state index in [1.807, 2.05) is 30.3 Å². The van der Waals surface area contributed by atoms with Gasteiger partial charge in [-0.1, -0.05) is 36.4 Å². The topological polar surface area (TPSA) is 75.7 Å². The molecule has 2 heterocycles. The zero-order valence-electron chi connectivity index (χ0n) is 18.2. The summed E-state index contributed by atoms with van der Waals surface area (Å²) in [6, 6.07) is 19.2. The summed E-state index contributed by atoms with van der Waals surface area (Å²) in [7, 11) is -3.50. The zero-order valence-corrected chi connectivity index (χ0v) is 19.8. The van der Waals surface area contributed by atoms with Crippen molar-refractivity contribution in [2.45, 2.75) is 29.5 Å². The van der Waals surface area contributed by atoms with Gasteiger partial charge in [-0.2, -0.15) is 4.31 Å². The van der Waals surface area contributed by atoms with Gasteiger partial charge in [-0.15, -0.1) is 11.3 Å². The third-order valence-corrected chi connectivity index (χ3v) is 9.75. The Bertz CT molecular complexity index is 1250. The highest BCUT2D eigenvalue weighted by molar-refractivity contribution is 7.91. The molecule has 1 amide bonds. The molecule has 0 bridgehead atoms. The molecule has 0 unspecified atom stereocenters. The van der Waals surface area contributed by atoms with Crippen molar-refractivity contribution >= 4 is 27.3 Å². The van der Waals surface area contributed by atoms with E-state index < -0.39 is 10.0 Å². The van der Waals surface area contributed by atoms with Gasteiger partial charge in [-0.3, -0.25) is 4.79 Å². The maximum Gasteiger partial charge on any atom is 0.252 e. The van der Waals surface area contributed by atoms with Crippen LogP contribution in [0.3, 0.4) is 0 Å². The van der Waals surface area contributed by atoms with Crippen LogP contribution in [0.5, 0.6) is 0 Å². The van der Waals surface area contributed by atoms with Crippen molar-refractivity contribution in [1.29, 1.82) is 0 Å². The molecule has 1 aliphatic heterocycles. The van der Waals surface area contributed by atoms with E-state index in [4.69, 9.17) is 4.74 Å². The SMILES string of the molecule is O=C(N[C@H]1CCCc2ccccc21)c1ccc(-c2ccc(S(=O)(=O)N3CCOCC3)s2)cc1. The second-order valence-corrected chi connectivity index (χ2v) is 11.6. The predicted octanol–water partition coefficient (Wildman–Crippen LogP) is 4.24. The fraction of sp³-hybridized carbons (Fsp3) is 0.320. The number of benzene rings is 2. The van der Waals surface area contributed by atoms with Crippen molar-refractivity contribution in [3.63, 3.8) is 0 Å². The maximum atomic E-state index is 12.9. The van der Waals surface area contributed by atoms with E-state index in [2.05, 4.69) is 17.4 Å². The first-order valence-electron chi connectivity index (χ1n) is 11.2. The first-order valence-corrected chi connectivity index (χ1v) is 13.4. The van der Waals surface area contributed by atoms with E-state index in [1.165, 1.54) is 26.8 Å². The van der Waals surface area contributed by atoms with E-state index in [9.17, 15) is 13.2 Å². The molecule has 0 radical (unpaired) electrons. The Labute approximate surface area is 198 Å². The third kappa shape index (κ3) is 4.61. The zero-order chi connectivity index (χ0) is 22.8. The number of sulfonamides is 1. The fourth-order valence-electron chi connectivity index (χ4n) is 4.46. The summed E-state index contributed by atoms with van der Waals surface area (Å²) in [5, 5.41) is 3.18. The van der Waals surface area contributed by atoms with E-state index >= 15 is 0 Å². The molecule has 5 rings (SSSR count). The Morgan fingerprint density at radius 2 is 1.76 bits per heavy atom. The van der Waals surface area contributed by atoms with E-state index in [0.29, 0.717) is 36.1 Å². The Balaban J connectivity index is 1.29. The fourth-order valence-corrected chi connectivity index (χ4v) is 7.33. The van der Waals surface area contributed by atoms with Gasteiger partial charge in [0.1, 0.15) is 4.21 Å². The van der Waals surface area contributed by atoms with Crippen LogP contribution >= 0.6 is 11.3 Å². The van der Waals surface area contributed by atoms with Gasteiger partial charge >= 0.3 is 0 Å². The van der Waals surface area contributed by atoms with Crippen molar-refractivity contribution in [2.24, 2.45) is 0 Å². The Morgan fingerprint density at radius 1 is 1.00 bits per heavy atom. The number of nitrogens with one attached hydrogen (secondary N) is 1. The summed E-state index contributed by atoms with van der Waals surface area (Å²) in [6.07, 6.45) is 3.06. The van der Waals surface area contributed by atoms with Crippen LogP contribution in [0.2, 0.25) is 0 Å². The minimum absolute atomic E-state index is 0.0346.